The van der Waals surface area contributed by atoms with E-state index >= 15 is 0 Å². The van der Waals surface area contributed by atoms with E-state index in [4.69, 9.17) is 4.74 Å². The lowest BCUT2D eigenvalue weighted by Gasteiger charge is -2.40. The predicted molar refractivity (Wildman–Crippen MR) is 136 cm³/mol. The maximum atomic E-state index is 12.8. The van der Waals surface area contributed by atoms with Crippen LogP contribution < -0.4 is 20.1 Å². The number of hydrogen-bond donors (Lipinski definition) is 2. The van der Waals surface area contributed by atoms with E-state index in [1.807, 2.05) is 6.92 Å². The van der Waals surface area contributed by atoms with Gasteiger partial charge in [0.1, 0.15) is 11.5 Å². The van der Waals surface area contributed by atoms with Gasteiger partial charge in [-0.15, -0.1) is 24.0 Å². The van der Waals surface area contributed by atoms with E-state index in [2.05, 4.69) is 51.1 Å². The number of nitrogens with zero attached hydrogens (tertiary/aromatic N) is 3. The van der Waals surface area contributed by atoms with E-state index in [0.717, 1.165) is 32.7 Å². The SMILES string of the molecule is CCNC(=NCc1cc(OC)ccc1OC(F)F)NCC(C(C)C)N1CCN(C)CC1.I. The number of alkyl halides is 2. The second kappa shape index (κ2) is 14.7. The normalized spacial score (nSPS) is 16.6. The smallest absolute Gasteiger partial charge is 0.387 e. The van der Waals surface area contributed by atoms with E-state index in [9.17, 15) is 8.78 Å². The number of hydrogen-bond acceptors (Lipinski definition) is 5. The third kappa shape index (κ3) is 9.22. The fourth-order valence-electron chi connectivity index (χ4n) is 3.66. The number of benzene rings is 1. The molecule has 1 unspecified atom stereocenters. The third-order valence-electron chi connectivity index (χ3n) is 5.49. The Labute approximate surface area is 207 Å². The lowest BCUT2D eigenvalue weighted by molar-refractivity contribution is -0.0504. The van der Waals surface area contributed by atoms with Crippen LogP contribution in [0.4, 0.5) is 8.78 Å². The molecule has 1 fully saturated rings. The Balaban J connectivity index is 0.00000512. The topological polar surface area (TPSA) is 61.4 Å². The quantitative estimate of drug-likeness (QED) is 0.257. The summed E-state index contributed by atoms with van der Waals surface area (Å²) in [5, 5.41) is 6.67. The molecule has 32 heavy (non-hydrogen) atoms. The fourth-order valence-corrected chi connectivity index (χ4v) is 3.66. The Hall–Kier alpha value is -1.40. The molecule has 2 rings (SSSR count). The molecule has 1 saturated heterocycles. The standard InChI is InChI=1S/C22H37F2N5O2.HI/c1-6-25-22(27-15-19(16(2)3)29-11-9-28(4)10-12-29)26-14-17-13-18(30-5)7-8-20(17)31-21(23)24;/h7-8,13,16,19,21H,6,9-12,14-15H2,1-5H3,(H2,25,26,27);1H. The first-order valence-electron chi connectivity index (χ1n) is 10.9. The Kier molecular flexibility index (Phi) is 13.1. The van der Waals surface area contributed by atoms with Crippen LogP contribution in [0.5, 0.6) is 11.5 Å². The van der Waals surface area contributed by atoms with Crippen molar-refractivity contribution >= 4 is 29.9 Å². The zero-order valence-corrected chi connectivity index (χ0v) is 22.1. The Bertz CT molecular complexity index is 701. The summed E-state index contributed by atoms with van der Waals surface area (Å²) in [5.41, 5.74) is 0.538. The molecule has 0 saturated carbocycles. The molecule has 1 atom stereocenters. The summed E-state index contributed by atoms with van der Waals surface area (Å²) >= 11 is 0. The Morgan fingerprint density at radius 1 is 1.16 bits per heavy atom. The monoisotopic (exact) mass is 569 g/mol. The average molecular weight is 569 g/mol. The maximum absolute atomic E-state index is 12.8. The van der Waals surface area contributed by atoms with Crippen LogP contribution in [-0.2, 0) is 6.54 Å². The van der Waals surface area contributed by atoms with Crippen molar-refractivity contribution in [2.45, 2.75) is 40.0 Å². The minimum absolute atomic E-state index is 0. The summed E-state index contributed by atoms with van der Waals surface area (Å²) in [6, 6.07) is 5.13. The highest BCUT2D eigenvalue weighted by molar-refractivity contribution is 14.0. The molecule has 184 valence electrons. The molecule has 0 aliphatic carbocycles. The van der Waals surface area contributed by atoms with Gasteiger partial charge in [0.15, 0.2) is 5.96 Å². The second-order valence-corrected chi connectivity index (χ2v) is 8.08. The lowest BCUT2D eigenvalue weighted by Crippen LogP contribution is -2.55. The largest absolute Gasteiger partial charge is 0.497 e. The summed E-state index contributed by atoms with van der Waals surface area (Å²) < 4.78 is 35.4. The first kappa shape index (κ1) is 28.6. The molecule has 0 radical (unpaired) electrons. The number of rotatable bonds is 10. The number of ether oxygens (including phenoxy) is 2. The highest BCUT2D eigenvalue weighted by Crippen LogP contribution is 2.26. The summed E-state index contributed by atoms with van der Waals surface area (Å²) in [6.07, 6.45) is 0. The predicted octanol–water partition coefficient (Wildman–Crippen LogP) is 3.24. The molecule has 1 aliphatic heterocycles. The van der Waals surface area contributed by atoms with Gasteiger partial charge in [0, 0.05) is 50.9 Å². The highest BCUT2D eigenvalue weighted by Gasteiger charge is 2.25. The molecule has 2 N–H and O–H groups in total. The van der Waals surface area contributed by atoms with Gasteiger partial charge in [0.2, 0.25) is 0 Å². The zero-order chi connectivity index (χ0) is 22.8. The summed E-state index contributed by atoms with van der Waals surface area (Å²) in [6.45, 7) is 9.46. The van der Waals surface area contributed by atoms with Crippen LogP contribution in [0, 0.1) is 5.92 Å². The number of methoxy groups -OCH3 is 1. The second-order valence-electron chi connectivity index (χ2n) is 8.08. The van der Waals surface area contributed by atoms with E-state index in [-0.39, 0.29) is 36.3 Å². The molecule has 10 heteroatoms. The third-order valence-corrected chi connectivity index (χ3v) is 5.49. The number of likely N-dealkylation sites (N-methyl/N-ethyl adjacent to an activating group) is 1. The van der Waals surface area contributed by atoms with Crippen LogP contribution >= 0.6 is 24.0 Å². The number of piperazine rings is 1. The number of nitrogens with one attached hydrogen (secondary N) is 2. The van der Waals surface area contributed by atoms with Gasteiger partial charge in [-0.1, -0.05) is 13.8 Å². The van der Waals surface area contributed by atoms with Crippen LogP contribution in [0.2, 0.25) is 0 Å². The first-order chi connectivity index (χ1) is 14.8. The lowest BCUT2D eigenvalue weighted by atomic mass is 10.0. The van der Waals surface area contributed by atoms with Crippen LogP contribution in [-0.4, -0.2) is 81.8 Å². The van der Waals surface area contributed by atoms with Crippen LogP contribution in [0.25, 0.3) is 0 Å². The molecule has 0 aromatic heterocycles. The van der Waals surface area contributed by atoms with Crippen molar-refractivity contribution in [2.75, 3.05) is 53.4 Å². The van der Waals surface area contributed by atoms with E-state index in [1.165, 1.54) is 13.2 Å². The van der Waals surface area contributed by atoms with Gasteiger partial charge in [-0.2, -0.15) is 8.78 Å². The molecular weight excluding hydrogens is 531 g/mol. The Morgan fingerprint density at radius 3 is 2.41 bits per heavy atom. The van der Waals surface area contributed by atoms with Gasteiger partial charge >= 0.3 is 6.61 Å². The van der Waals surface area contributed by atoms with Crippen LogP contribution in [0.3, 0.4) is 0 Å². The van der Waals surface area contributed by atoms with E-state index in [1.54, 1.807) is 12.1 Å². The molecule has 7 nitrogen and oxygen atoms in total. The maximum Gasteiger partial charge on any atom is 0.387 e. The fraction of sp³-hybridized carbons (Fsp3) is 0.682. The average Bonchev–Trinajstić information content (AvgIpc) is 2.73. The number of aliphatic imine (C=N–C) groups is 1. The summed E-state index contributed by atoms with van der Waals surface area (Å²) in [4.78, 5) is 9.48. The molecule has 0 spiro atoms. The zero-order valence-electron chi connectivity index (χ0n) is 19.7. The first-order valence-corrected chi connectivity index (χ1v) is 10.9. The van der Waals surface area contributed by atoms with Gasteiger partial charge in [0.05, 0.1) is 13.7 Å². The van der Waals surface area contributed by atoms with Crippen molar-refractivity contribution in [3.63, 3.8) is 0 Å². The highest BCUT2D eigenvalue weighted by atomic mass is 127. The molecular formula is C22H38F2IN5O2. The summed E-state index contributed by atoms with van der Waals surface area (Å²) in [7, 11) is 3.69. The van der Waals surface area contributed by atoms with E-state index < -0.39 is 6.61 Å². The minimum Gasteiger partial charge on any atom is -0.497 e. The van der Waals surface area contributed by atoms with E-state index in [0.29, 0.717) is 35.8 Å². The van der Waals surface area contributed by atoms with Crippen molar-refractivity contribution in [3.05, 3.63) is 23.8 Å². The van der Waals surface area contributed by atoms with Crippen molar-refractivity contribution in [2.24, 2.45) is 10.9 Å². The molecule has 1 aromatic rings. The van der Waals surface area contributed by atoms with Gasteiger partial charge in [-0.05, 0) is 38.1 Å². The van der Waals surface area contributed by atoms with Crippen molar-refractivity contribution < 1.29 is 18.3 Å². The van der Waals surface area contributed by atoms with Gasteiger partial charge in [-0.3, -0.25) is 4.90 Å². The molecule has 1 heterocycles. The number of halogens is 3. The number of guanidine groups is 1. The Morgan fingerprint density at radius 2 is 1.84 bits per heavy atom. The molecule has 0 bridgehead atoms. The van der Waals surface area contributed by atoms with Gasteiger partial charge in [-0.25, -0.2) is 4.99 Å². The summed E-state index contributed by atoms with van der Waals surface area (Å²) in [5.74, 6) is 1.81. The van der Waals surface area contributed by atoms with Gasteiger partial charge in [0.25, 0.3) is 0 Å². The van der Waals surface area contributed by atoms with Crippen molar-refractivity contribution in [1.82, 2.24) is 20.4 Å². The van der Waals surface area contributed by atoms with Crippen LogP contribution in [0.1, 0.15) is 26.3 Å². The molecule has 1 aromatic carbocycles. The van der Waals surface area contributed by atoms with Crippen molar-refractivity contribution in [3.8, 4) is 11.5 Å². The van der Waals surface area contributed by atoms with Gasteiger partial charge < -0.3 is 25.0 Å². The van der Waals surface area contributed by atoms with Crippen LogP contribution in [0.15, 0.2) is 23.2 Å². The van der Waals surface area contributed by atoms with Crippen molar-refractivity contribution in [1.29, 1.82) is 0 Å². The molecule has 1 aliphatic rings. The molecule has 0 amide bonds. The minimum atomic E-state index is -2.89.